The quantitative estimate of drug-likeness (QED) is 0.700. The average Bonchev–Trinajstić information content (AvgIpc) is 2.90. The Morgan fingerprint density at radius 1 is 1.50 bits per heavy atom. The lowest BCUT2D eigenvalue weighted by Crippen LogP contribution is -2.23. The Morgan fingerprint density at radius 2 is 2.33 bits per heavy atom. The van der Waals surface area contributed by atoms with Crippen LogP contribution in [0.25, 0.3) is 0 Å². The summed E-state index contributed by atoms with van der Waals surface area (Å²) in [4.78, 5) is 11.6. The van der Waals surface area contributed by atoms with Gasteiger partial charge in [0, 0.05) is 12.7 Å². The molecule has 1 amide bonds. The molecule has 0 aliphatic heterocycles. The number of nitrogens with two attached hydrogens (primary N) is 1. The minimum absolute atomic E-state index is 0.207. The standard InChI is InChI=1S/C12H14N4O2/c1-18-11-3-2-8(6-9(11)13)7-14-12(17)10-4-5-15-16-10/h2-6H,7,13H2,1H3,(H,14,17)(H,15,16). The molecule has 1 heterocycles. The number of rotatable bonds is 4. The van der Waals surface area contributed by atoms with E-state index in [0.29, 0.717) is 23.7 Å². The van der Waals surface area contributed by atoms with Crippen molar-refractivity contribution in [2.75, 3.05) is 12.8 Å². The van der Waals surface area contributed by atoms with Crippen molar-refractivity contribution in [1.82, 2.24) is 15.5 Å². The van der Waals surface area contributed by atoms with Crippen LogP contribution in [0.5, 0.6) is 5.75 Å². The lowest BCUT2D eigenvalue weighted by Gasteiger charge is -2.08. The SMILES string of the molecule is COc1ccc(CNC(=O)c2ccn[nH]2)cc1N. The van der Waals surface area contributed by atoms with Crippen molar-refractivity contribution in [1.29, 1.82) is 0 Å². The first kappa shape index (κ1) is 12.0. The number of hydrogen-bond donors (Lipinski definition) is 3. The van der Waals surface area contributed by atoms with Gasteiger partial charge in [0.05, 0.1) is 12.8 Å². The van der Waals surface area contributed by atoms with Gasteiger partial charge in [0.15, 0.2) is 0 Å². The summed E-state index contributed by atoms with van der Waals surface area (Å²) in [5.74, 6) is 0.417. The number of carbonyl (C=O) groups excluding carboxylic acids is 1. The zero-order chi connectivity index (χ0) is 13.0. The van der Waals surface area contributed by atoms with Crippen LogP contribution < -0.4 is 15.8 Å². The first-order valence-corrected chi connectivity index (χ1v) is 5.40. The van der Waals surface area contributed by atoms with Crippen LogP contribution in [0.4, 0.5) is 5.69 Å². The minimum atomic E-state index is -0.207. The molecular weight excluding hydrogens is 232 g/mol. The summed E-state index contributed by atoms with van der Waals surface area (Å²) in [7, 11) is 1.56. The maximum atomic E-state index is 11.6. The van der Waals surface area contributed by atoms with Crippen LogP contribution in [0.15, 0.2) is 30.5 Å². The number of amides is 1. The maximum Gasteiger partial charge on any atom is 0.269 e. The lowest BCUT2D eigenvalue weighted by atomic mass is 10.2. The van der Waals surface area contributed by atoms with Crippen molar-refractivity contribution >= 4 is 11.6 Å². The fourth-order valence-electron chi connectivity index (χ4n) is 1.55. The van der Waals surface area contributed by atoms with Gasteiger partial charge in [0.25, 0.3) is 5.91 Å². The lowest BCUT2D eigenvalue weighted by molar-refractivity contribution is 0.0946. The molecule has 0 saturated carbocycles. The van der Waals surface area contributed by atoms with Crippen molar-refractivity contribution in [3.8, 4) is 5.75 Å². The predicted molar refractivity (Wildman–Crippen MR) is 67.2 cm³/mol. The second kappa shape index (κ2) is 5.22. The number of nitrogen functional groups attached to an aromatic ring is 1. The molecule has 2 rings (SSSR count). The highest BCUT2D eigenvalue weighted by atomic mass is 16.5. The van der Waals surface area contributed by atoms with Gasteiger partial charge >= 0.3 is 0 Å². The summed E-state index contributed by atoms with van der Waals surface area (Å²) >= 11 is 0. The third-order valence-electron chi connectivity index (χ3n) is 2.49. The Morgan fingerprint density at radius 3 is 2.94 bits per heavy atom. The monoisotopic (exact) mass is 246 g/mol. The number of nitrogens with zero attached hydrogens (tertiary/aromatic N) is 1. The van der Waals surface area contributed by atoms with Gasteiger partial charge in [-0.1, -0.05) is 6.07 Å². The summed E-state index contributed by atoms with van der Waals surface area (Å²) < 4.78 is 5.06. The van der Waals surface area contributed by atoms with Crippen LogP contribution in [0.2, 0.25) is 0 Å². The topological polar surface area (TPSA) is 93.0 Å². The fraction of sp³-hybridized carbons (Fsp3) is 0.167. The Hall–Kier alpha value is -2.50. The van der Waals surface area contributed by atoms with E-state index in [4.69, 9.17) is 10.5 Å². The summed E-state index contributed by atoms with van der Waals surface area (Å²) in [5.41, 5.74) is 7.66. The third kappa shape index (κ3) is 2.60. The highest BCUT2D eigenvalue weighted by Crippen LogP contribution is 2.21. The summed E-state index contributed by atoms with van der Waals surface area (Å²) in [6.07, 6.45) is 1.53. The summed E-state index contributed by atoms with van der Waals surface area (Å²) in [5, 5.41) is 9.07. The molecule has 6 nitrogen and oxygen atoms in total. The van der Waals surface area contributed by atoms with Crippen LogP contribution in [-0.2, 0) is 6.54 Å². The second-order valence-electron chi connectivity index (χ2n) is 3.73. The second-order valence-corrected chi connectivity index (χ2v) is 3.73. The zero-order valence-electron chi connectivity index (χ0n) is 9.93. The number of H-pyrrole nitrogens is 1. The van der Waals surface area contributed by atoms with Gasteiger partial charge in [0.2, 0.25) is 0 Å². The molecule has 0 unspecified atom stereocenters. The number of aromatic amines is 1. The highest BCUT2D eigenvalue weighted by Gasteiger charge is 2.06. The van der Waals surface area contributed by atoms with Crippen molar-refractivity contribution in [2.24, 2.45) is 0 Å². The molecule has 94 valence electrons. The summed E-state index contributed by atoms with van der Waals surface area (Å²) in [6.45, 7) is 0.395. The average molecular weight is 246 g/mol. The van der Waals surface area contributed by atoms with Crippen molar-refractivity contribution < 1.29 is 9.53 Å². The molecule has 0 radical (unpaired) electrons. The van der Waals surface area contributed by atoms with Crippen LogP contribution in [0.1, 0.15) is 16.1 Å². The maximum absolute atomic E-state index is 11.6. The Bertz CT molecular complexity index is 537. The largest absolute Gasteiger partial charge is 0.495 e. The molecule has 0 spiro atoms. The van der Waals surface area contributed by atoms with Gasteiger partial charge in [-0.05, 0) is 23.8 Å². The molecular formula is C12H14N4O2. The van der Waals surface area contributed by atoms with Crippen molar-refractivity contribution in [2.45, 2.75) is 6.54 Å². The first-order valence-electron chi connectivity index (χ1n) is 5.40. The van der Waals surface area contributed by atoms with Gasteiger partial charge in [0.1, 0.15) is 11.4 Å². The van der Waals surface area contributed by atoms with Gasteiger partial charge in [-0.15, -0.1) is 0 Å². The molecule has 0 aliphatic rings. The number of nitrogens with one attached hydrogen (secondary N) is 2. The molecule has 2 aromatic rings. The minimum Gasteiger partial charge on any atom is -0.495 e. The molecule has 0 atom stereocenters. The fourth-order valence-corrected chi connectivity index (χ4v) is 1.55. The number of aromatic nitrogens is 2. The Kier molecular flexibility index (Phi) is 3.47. The van der Waals surface area contributed by atoms with Crippen LogP contribution in [0, 0.1) is 0 Å². The van der Waals surface area contributed by atoms with Gasteiger partial charge in [-0.2, -0.15) is 5.10 Å². The van der Waals surface area contributed by atoms with E-state index < -0.39 is 0 Å². The van der Waals surface area contributed by atoms with Crippen molar-refractivity contribution in [3.63, 3.8) is 0 Å². The van der Waals surface area contributed by atoms with E-state index >= 15 is 0 Å². The van der Waals surface area contributed by atoms with Gasteiger partial charge < -0.3 is 15.8 Å². The van der Waals surface area contributed by atoms with E-state index in [1.165, 1.54) is 6.20 Å². The van der Waals surface area contributed by atoms with Crippen molar-refractivity contribution in [3.05, 3.63) is 41.7 Å². The molecule has 0 fully saturated rings. The van der Waals surface area contributed by atoms with E-state index in [1.807, 2.05) is 6.07 Å². The smallest absolute Gasteiger partial charge is 0.269 e. The van der Waals surface area contributed by atoms with E-state index in [1.54, 1.807) is 25.3 Å². The number of hydrogen-bond acceptors (Lipinski definition) is 4. The van der Waals surface area contributed by atoms with Gasteiger partial charge in [-0.25, -0.2) is 0 Å². The van der Waals surface area contributed by atoms with Gasteiger partial charge in [-0.3, -0.25) is 9.89 Å². The molecule has 0 saturated heterocycles. The predicted octanol–water partition coefficient (Wildman–Crippen LogP) is 0.931. The van der Waals surface area contributed by atoms with E-state index in [-0.39, 0.29) is 5.91 Å². The van der Waals surface area contributed by atoms with Crippen LogP contribution >= 0.6 is 0 Å². The molecule has 18 heavy (non-hydrogen) atoms. The van der Waals surface area contributed by atoms with E-state index in [9.17, 15) is 4.79 Å². The third-order valence-corrected chi connectivity index (χ3v) is 2.49. The molecule has 1 aromatic heterocycles. The molecule has 0 aliphatic carbocycles. The number of methoxy groups -OCH3 is 1. The van der Waals surface area contributed by atoms with Crippen LogP contribution in [-0.4, -0.2) is 23.2 Å². The number of benzene rings is 1. The number of ether oxygens (including phenoxy) is 1. The molecule has 4 N–H and O–H groups in total. The Labute approximate surface area is 104 Å². The molecule has 1 aromatic carbocycles. The highest BCUT2D eigenvalue weighted by molar-refractivity contribution is 5.92. The van der Waals surface area contributed by atoms with Crippen LogP contribution in [0.3, 0.4) is 0 Å². The number of carbonyl (C=O) groups is 1. The summed E-state index contributed by atoms with van der Waals surface area (Å²) in [6, 6.07) is 7.00. The zero-order valence-corrected chi connectivity index (χ0v) is 9.93. The van der Waals surface area contributed by atoms with E-state index in [0.717, 1.165) is 5.56 Å². The Balaban J connectivity index is 1.98. The number of anilines is 1. The van der Waals surface area contributed by atoms with E-state index in [2.05, 4.69) is 15.5 Å². The normalized spacial score (nSPS) is 10.1. The first-order chi connectivity index (χ1) is 8.70. The molecule has 0 bridgehead atoms. The molecule has 6 heteroatoms.